The van der Waals surface area contributed by atoms with E-state index in [-0.39, 0.29) is 42.7 Å². The quantitative estimate of drug-likeness (QED) is 0.394. The molecule has 1 atom stereocenters. The van der Waals surface area contributed by atoms with Crippen molar-refractivity contribution in [1.82, 2.24) is 9.88 Å². The fraction of sp³-hybridized carbons (Fsp3) is 0.455. The van der Waals surface area contributed by atoms with Crippen molar-refractivity contribution in [3.05, 3.63) is 71.0 Å². The zero-order chi connectivity index (χ0) is 32.4. The lowest BCUT2D eigenvalue weighted by molar-refractivity contribution is -0.139. The van der Waals surface area contributed by atoms with Crippen LogP contribution in [0.3, 0.4) is 0 Å². The maximum Gasteiger partial charge on any atom is 0.414 e. The number of allylic oxidation sites excluding steroid dienone is 3. The monoisotopic (exact) mass is 649 g/mol. The molecule has 4 heterocycles. The topological polar surface area (TPSA) is 130 Å². The molecule has 1 aliphatic carbocycles. The predicted octanol–water partition coefficient (Wildman–Crippen LogP) is 3.60. The molecule has 46 heavy (non-hydrogen) atoms. The first-order valence-electron chi connectivity index (χ1n) is 15.8. The highest BCUT2D eigenvalue weighted by Gasteiger charge is 2.38. The number of nitrogens with zero attached hydrogens (tertiary/aromatic N) is 5. The molecule has 2 aromatic rings. The fourth-order valence-electron chi connectivity index (χ4n) is 6.35. The van der Waals surface area contributed by atoms with Gasteiger partial charge in [-0.2, -0.15) is 0 Å². The van der Waals surface area contributed by atoms with Crippen LogP contribution in [-0.4, -0.2) is 94.0 Å². The Hall–Kier alpha value is -4.39. The molecule has 1 aromatic heterocycles. The van der Waals surface area contributed by atoms with E-state index in [0.29, 0.717) is 50.3 Å². The Labute approximate surface area is 269 Å². The van der Waals surface area contributed by atoms with Gasteiger partial charge in [0.1, 0.15) is 25.1 Å². The zero-order valence-electron chi connectivity index (χ0n) is 26.2. The normalized spacial score (nSPS) is 21.0. The second-order valence-electron chi connectivity index (χ2n) is 11.9. The molecule has 6 rings (SSSR count). The summed E-state index contributed by atoms with van der Waals surface area (Å²) in [4.78, 5) is 49.4. The van der Waals surface area contributed by atoms with Crippen LogP contribution < -0.4 is 14.1 Å². The summed E-state index contributed by atoms with van der Waals surface area (Å²) in [5.41, 5.74) is 3.66. The molecule has 4 aliphatic rings. The van der Waals surface area contributed by atoms with E-state index in [1.165, 1.54) is 14.8 Å². The molecule has 244 valence electrons. The minimum absolute atomic E-state index is 0.00285. The first-order valence-corrected chi connectivity index (χ1v) is 17.4. The first-order chi connectivity index (χ1) is 22.2. The Morgan fingerprint density at radius 2 is 1.91 bits per heavy atom. The number of aromatic nitrogens is 1. The Kier molecular flexibility index (Phi) is 9.03. The van der Waals surface area contributed by atoms with Crippen LogP contribution in [0.2, 0.25) is 0 Å². The molecule has 2 amide bonds. The lowest BCUT2D eigenvalue weighted by atomic mass is 10.1. The molecule has 3 saturated heterocycles. The largest absolute Gasteiger partial charge is 0.460 e. The minimum Gasteiger partial charge on any atom is -0.460 e. The van der Waals surface area contributed by atoms with Gasteiger partial charge in [0, 0.05) is 50.2 Å². The standard InChI is InChI=1S/C33H39N5O7S/c1-3-24-18-23(2)30(34-20-24)35-13-15-36(16-14-35)31(39)28-11-10-26(19-29(28)37-12-7-17-46(37,42)43)38-27(22-45-33(38)41)21-44-32(40)25-8-5-4-6-9-25/h4-5,8,10-11,18-20,27H,3,6-7,9,12-17,21-22H2,1-2H3/t27-/m1/s1. The number of sulfonamides is 1. The van der Waals surface area contributed by atoms with E-state index in [1.54, 1.807) is 29.2 Å². The van der Waals surface area contributed by atoms with Gasteiger partial charge in [-0.3, -0.25) is 14.0 Å². The van der Waals surface area contributed by atoms with Gasteiger partial charge in [-0.25, -0.2) is 23.0 Å². The van der Waals surface area contributed by atoms with E-state index in [0.717, 1.165) is 24.2 Å². The Morgan fingerprint density at radius 1 is 1.11 bits per heavy atom. The number of ether oxygens (including phenoxy) is 2. The molecule has 0 unspecified atom stereocenters. The molecule has 3 fully saturated rings. The average molecular weight is 650 g/mol. The van der Waals surface area contributed by atoms with Crippen LogP contribution in [0.4, 0.5) is 22.0 Å². The van der Waals surface area contributed by atoms with Gasteiger partial charge < -0.3 is 19.3 Å². The van der Waals surface area contributed by atoms with Gasteiger partial charge >= 0.3 is 12.1 Å². The number of carbonyl (C=O) groups excluding carboxylic acids is 3. The van der Waals surface area contributed by atoms with E-state index in [4.69, 9.17) is 9.47 Å². The van der Waals surface area contributed by atoms with Crippen LogP contribution in [0.25, 0.3) is 0 Å². The van der Waals surface area contributed by atoms with Crippen LogP contribution >= 0.6 is 0 Å². The molecule has 0 bridgehead atoms. The van der Waals surface area contributed by atoms with Gasteiger partial charge in [-0.1, -0.05) is 31.2 Å². The van der Waals surface area contributed by atoms with E-state index in [2.05, 4.69) is 22.9 Å². The number of cyclic esters (lactones) is 1. The lowest BCUT2D eigenvalue weighted by Crippen LogP contribution is -2.49. The van der Waals surface area contributed by atoms with Crippen molar-refractivity contribution in [2.45, 2.75) is 45.6 Å². The van der Waals surface area contributed by atoms with Crippen molar-refractivity contribution in [2.24, 2.45) is 0 Å². The van der Waals surface area contributed by atoms with Crippen LogP contribution in [0, 0.1) is 6.92 Å². The summed E-state index contributed by atoms with van der Waals surface area (Å²) in [6, 6.07) is 6.29. The van der Waals surface area contributed by atoms with Gasteiger partial charge in [-0.05, 0) is 61.9 Å². The summed E-state index contributed by atoms with van der Waals surface area (Å²) in [5, 5.41) is 0. The van der Waals surface area contributed by atoms with Gasteiger partial charge in [-0.15, -0.1) is 0 Å². The number of benzene rings is 1. The number of amides is 2. The number of pyridine rings is 1. The number of aryl methyl sites for hydroxylation is 2. The zero-order valence-corrected chi connectivity index (χ0v) is 27.0. The summed E-state index contributed by atoms with van der Waals surface area (Å²) >= 11 is 0. The third-order valence-electron chi connectivity index (χ3n) is 8.88. The minimum atomic E-state index is -3.65. The van der Waals surface area contributed by atoms with Gasteiger partial charge in [0.25, 0.3) is 5.91 Å². The summed E-state index contributed by atoms with van der Waals surface area (Å²) in [6.07, 6.45) is 9.44. The number of piperazine rings is 1. The molecule has 12 nitrogen and oxygen atoms in total. The number of rotatable bonds is 8. The molecule has 0 spiro atoms. The highest BCUT2D eigenvalue weighted by molar-refractivity contribution is 7.93. The molecule has 0 N–H and O–H groups in total. The highest BCUT2D eigenvalue weighted by Crippen LogP contribution is 2.35. The Balaban J connectivity index is 1.22. The summed E-state index contributed by atoms with van der Waals surface area (Å²) in [6.45, 7) is 6.35. The van der Waals surface area contributed by atoms with E-state index < -0.39 is 28.1 Å². The van der Waals surface area contributed by atoms with E-state index in [9.17, 15) is 22.8 Å². The van der Waals surface area contributed by atoms with E-state index in [1.807, 2.05) is 25.3 Å². The third kappa shape index (κ3) is 6.33. The number of hydrogen-bond acceptors (Lipinski definition) is 9. The molecule has 13 heteroatoms. The maximum atomic E-state index is 14.0. The SMILES string of the molecule is CCc1cnc(N2CCN(C(=O)c3ccc(N4C(=O)OC[C@H]4COC(=O)C4=CC=CCC4)cc3N3CCCS3(=O)=O)CC2)c(C)c1. The molecular weight excluding hydrogens is 610 g/mol. The van der Waals surface area contributed by atoms with Crippen molar-refractivity contribution >= 4 is 45.2 Å². The van der Waals surface area contributed by atoms with Crippen molar-refractivity contribution in [3.8, 4) is 0 Å². The molecular formula is C33H39N5O7S. The Morgan fingerprint density at radius 3 is 2.59 bits per heavy atom. The fourth-order valence-corrected chi connectivity index (χ4v) is 7.92. The van der Waals surface area contributed by atoms with Gasteiger partial charge in [0.2, 0.25) is 10.0 Å². The summed E-state index contributed by atoms with van der Waals surface area (Å²) in [7, 11) is -3.65. The van der Waals surface area contributed by atoms with Crippen LogP contribution in [0.15, 0.2) is 54.3 Å². The predicted molar refractivity (Wildman–Crippen MR) is 174 cm³/mol. The first kappa shape index (κ1) is 31.6. The lowest BCUT2D eigenvalue weighted by Gasteiger charge is -2.36. The van der Waals surface area contributed by atoms with Crippen molar-refractivity contribution in [3.63, 3.8) is 0 Å². The second kappa shape index (κ2) is 13.1. The summed E-state index contributed by atoms with van der Waals surface area (Å²) in [5.74, 6) is 0.154. The van der Waals surface area contributed by atoms with E-state index >= 15 is 0 Å². The molecule has 0 radical (unpaired) electrons. The third-order valence-corrected chi connectivity index (χ3v) is 10.7. The average Bonchev–Trinajstić information content (AvgIpc) is 3.63. The van der Waals surface area contributed by atoms with Crippen LogP contribution in [0.5, 0.6) is 0 Å². The molecule has 1 aromatic carbocycles. The van der Waals surface area contributed by atoms with Crippen molar-refractivity contribution < 1.29 is 32.3 Å². The number of anilines is 3. The van der Waals surface area contributed by atoms with Crippen LogP contribution in [-0.2, 0) is 30.7 Å². The van der Waals surface area contributed by atoms with Crippen molar-refractivity contribution in [2.75, 3.05) is 65.8 Å². The molecule has 3 aliphatic heterocycles. The number of hydrogen-bond donors (Lipinski definition) is 0. The van der Waals surface area contributed by atoms with Gasteiger partial charge in [0.15, 0.2) is 0 Å². The maximum absolute atomic E-state index is 14.0. The highest BCUT2D eigenvalue weighted by atomic mass is 32.2. The smallest absolute Gasteiger partial charge is 0.414 e. The second-order valence-corrected chi connectivity index (χ2v) is 13.9. The number of esters is 1. The Bertz CT molecular complexity index is 1700. The summed E-state index contributed by atoms with van der Waals surface area (Å²) < 4.78 is 38.3. The van der Waals surface area contributed by atoms with Crippen LogP contribution in [0.1, 0.15) is 47.7 Å². The van der Waals surface area contributed by atoms with Crippen molar-refractivity contribution in [1.29, 1.82) is 0 Å². The van der Waals surface area contributed by atoms with Gasteiger partial charge in [0.05, 0.1) is 17.0 Å². The number of carbonyl (C=O) groups is 3. The molecule has 0 saturated carbocycles.